The highest BCUT2D eigenvalue weighted by atomic mass is 32.2. The topological polar surface area (TPSA) is 59.8 Å². The molecular formula is C19H28N4OS2. The molecule has 0 fully saturated rings. The van der Waals surface area contributed by atoms with Gasteiger partial charge >= 0.3 is 0 Å². The van der Waals surface area contributed by atoms with Crippen LogP contribution in [0.1, 0.15) is 31.7 Å². The van der Waals surface area contributed by atoms with E-state index >= 15 is 0 Å². The zero-order valence-corrected chi connectivity index (χ0v) is 17.6. The lowest BCUT2D eigenvalue weighted by Gasteiger charge is -2.11. The summed E-state index contributed by atoms with van der Waals surface area (Å²) in [6.07, 6.45) is 3.72. The van der Waals surface area contributed by atoms with Gasteiger partial charge in [0.1, 0.15) is 5.82 Å². The highest BCUT2D eigenvalue weighted by molar-refractivity contribution is 8.00. The van der Waals surface area contributed by atoms with Crippen LogP contribution in [0.5, 0.6) is 0 Å². The molecule has 26 heavy (non-hydrogen) atoms. The Kier molecular flexibility index (Phi) is 8.51. The lowest BCUT2D eigenvalue weighted by Crippen LogP contribution is -2.26. The Morgan fingerprint density at radius 2 is 1.96 bits per heavy atom. The predicted octanol–water partition coefficient (Wildman–Crippen LogP) is 3.81. The highest BCUT2D eigenvalue weighted by Crippen LogP contribution is 2.18. The summed E-state index contributed by atoms with van der Waals surface area (Å²) in [4.78, 5) is 13.1. The Hall–Kier alpha value is -1.47. The first-order valence-corrected chi connectivity index (χ1v) is 11.1. The third-order valence-corrected chi connectivity index (χ3v) is 5.49. The fraction of sp³-hybridized carbons (Fsp3) is 0.526. The first-order valence-electron chi connectivity index (χ1n) is 8.91. The number of hydrogen-bond donors (Lipinski definition) is 1. The number of nitrogens with zero attached hydrogens (tertiary/aromatic N) is 3. The number of nitrogens with one attached hydrogen (secondary N) is 1. The van der Waals surface area contributed by atoms with Crippen molar-refractivity contribution in [3.05, 3.63) is 35.7 Å². The molecular weight excluding hydrogens is 364 g/mol. The van der Waals surface area contributed by atoms with E-state index in [0.717, 1.165) is 35.3 Å². The molecule has 0 bridgehead atoms. The Morgan fingerprint density at radius 3 is 2.62 bits per heavy atom. The first kappa shape index (κ1) is 20.8. The lowest BCUT2D eigenvalue weighted by molar-refractivity contribution is -0.118. The van der Waals surface area contributed by atoms with Crippen LogP contribution in [0.2, 0.25) is 0 Å². The second kappa shape index (κ2) is 10.6. The van der Waals surface area contributed by atoms with Gasteiger partial charge in [0.15, 0.2) is 5.16 Å². The van der Waals surface area contributed by atoms with Gasteiger partial charge in [-0.1, -0.05) is 43.3 Å². The third-order valence-electron chi connectivity index (χ3n) is 3.81. The zero-order chi connectivity index (χ0) is 18.9. The number of aryl methyl sites for hydroxylation is 2. The molecule has 0 spiro atoms. The van der Waals surface area contributed by atoms with Gasteiger partial charge < -0.3 is 9.88 Å². The summed E-state index contributed by atoms with van der Waals surface area (Å²) < 4.78 is 2.20. The lowest BCUT2D eigenvalue weighted by atomic mass is 10.2. The number of rotatable bonds is 10. The van der Waals surface area contributed by atoms with Crippen molar-refractivity contribution in [3.63, 3.8) is 0 Å². The number of hydrogen-bond acceptors (Lipinski definition) is 5. The van der Waals surface area contributed by atoms with E-state index in [9.17, 15) is 4.79 Å². The molecule has 1 aromatic carbocycles. The van der Waals surface area contributed by atoms with Crippen molar-refractivity contribution in [1.29, 1.82) is 0 Å². The molecule has 0 aliphatic heterocycles. The fourth-order valence-electron chi connectivity index (χ4n) is 2.51. The molecule has 1 aromatic heterocycles. The minimum atomic E-state index is 0.0732. The molecule has 0 saturated heterocycles. The van der Waals surface area contributed by atoms with E-state index in [-0.39, 0.29) is 5.91 Å². The number of carbonyl (C=O) groups excluding carboxylic acids is 1. The quantitative estimate of drug-likeness (QED) is 0.492. The maximum absolute atomic E-state index is 12.0. The Morgan fingerprint density at radius 1 is 1.23 bits per heavy atom. The predicted molar refractivity (Wildman–Crippen MR) is 110 cm³/mol. The normalized spacial score (nSPS) is 11.1. The van der Waals surface area contributed by atoms with Crippen molar-refractivity contribution in [2.24, 2.45) is 5.92 Å². The minimum absolute atomic E-state index is 0.0732. The molecule has 0 saturated carbocycles. The highest BCUT2D eigenvalue weighted by Gasteiger charge is 2.12. The Balaban J connectivity index is 1.72. The van der Waals surface area contributed by atoms with Gasteiger partial charge in [0.2, 0.25) is 5.91 Å². The van der Waals surface area contributed by atoms with Crippen LogP contribution in [0, 0.1) is 12.8 Å². The zero-order valence-electron chi connectivity index (χ0n) is 16.0. The standard InChI is InChI=1S/C19H28N4OS2/c1-14(2)12-23-17(21-22-19(23)25-4)6-5-11-20-18(24)13-26-16-9-7-15(3)8-10-16/h7-10,14H,5-6,11-13H2,1-4H3,(H,20,24). The average Bonchev–Trinajstić information content (AvgIpc) is 2.99. The van der Waals surface area contributed by atoms with Gasteiger partial charge in [-0.25, -0.2) is 0 Å². The van der Waals surface area contributed by atoms with Crippen LogP contribution in [0.15, 0.2) is 34.3 Å². The second-order valence-electron chi connectivity index (χ2n) is 6.66. The number of thioether (sulfide) groups is 2. The van der Waals surface area contributed by atoms with Crippen molar-refractivity contribution in [1.82, 2.24) is 20.1 Å². The fourth-order valence-corrected chi connectivity index (χ4v) is 3.76. The molecule has 5 nitrogen and oxygen atoms in total. The number of carbonyl (C=O) groups is 1. The van der Waals surface area contributed by atoms with E-state index in [0.29, 0.717) is 18.2 Å². The summed E-state index contributed by atoms with van der Waals surface area (Å²) in [5, 5.41) is 12.5. The summed E-state index contributed by atoms with van der Waals surface area (Å²) in [7, 11) is 0. The molecule has 2 aromatic rings. The molecule has 0 unspecified atom stereocenters. The van der Waals surface area contributed by atoms with E-state index in [1.165, 1.54) is 5.56 Å². The average molecular weight is 393 g/mol. The number of aromatic nitrogens is 3. The second-order valence-corrected chi connectivity index (χ2v) is 8.48. The van der Waals surface area contributed by atoms with Crippen LogP contribution < -0.4 is 5.32 Å². The maximum atomic E-state index is 12.0. The van der Waals surface area contributed by atoms with Crippen LogP contribution in [0.25, 0.3) is 0 Å². The Bertz CT molecular complexity index is 698. The number of amides is 1. The number of benzene rings is 1. The van der Waals surface area contributed by atoms with Crippen molar-refractivity contribution >= 4 is 29.4 Å². The van der Waals surface area contributed by atoms with E-state index in [2.05, 4.69) is 65.1 Å². The minimum Gasteiger partial charge on any atom is -0.355 e. The van der Waals surface area contributed by atoms with Crippen LogP contribution in [-0.2, 0) is 17.8 Å². The molecule has 7 heteroatoms. The smallest absolute Gasteiger partial charge is 0.230 e. The molecule has 0 aliphatic carbocycles. The first-order chi connectivity index (χ1) is 12.5. The molecule has 2 rings (SSSR count). The largest absolute Gasteiger partial charge is 0.355 e. The van der Waals surface area contributed by atoms with E-state index in [1.54, 1.807) is 23.5 Å². The van der Waals surface area contributed by atoms with Gasteiger partial charge in [-0.3, -0.25) is 4.79 Å². The van der Waals surface area contributed by atoms with Crippen molar-refractivity contribution in [2.45, 2.75) is 50.2 Å². The molecule has 0 atom stereocenters. The van der Waals surface area contributed by atoms with Gasteiger partial charge in [0.25, 0.3) is 0 Å². The summed E-state index contributed by atoms with van der Waals surface area (Å²) in [6.45, 7) is 8.04. The molecule has 1 amide bonds. The molecule has 0 aliphatic rings. The van der Waals surface area contributed by atoms with E-state index in [4.69, 9.17) is 0 Å². The van der Waals surface area contributed by atoms with Crippen LogP contribution in [-0.4, -0.2) is 39.2 Å². The van der Waals surface area contributed by atoms with E-state index in [1.807, 2.05) is 6.26 Å². The molecule has 142 valence electrons. The van der Waals surface area contributed by atoms with Crippen molar-refractivity contribution in [3.8, 4) is 0 Å². The summed E-state index contributed by atoms with van der Waals surface area (Å²) in [6, 6.07) is 8.24. The van der Waals surface area contributed by atoms with Crippen LogP contribution >= 0.6 is 23.5 Å². The van der Waals surface area contributed by atoms with Crippen LogP contribution in [0.4, 0.5) is 0 Å². The van der Waals surface area contributed by atoms with Gasteiger partial charge in [-0.2, -0.15) is 0 Å². The van der Waals surface area contributed by atoms with Crippen molar-refractivity contribution < 1.29 is 4.79 Å². The van der Waals surface area contributed by atoms with Gasteiger partial charge in [-0.15, -0.1) is 22.0 Å². The summed E-state index contributed by atoms with van der Waals surface area (Å²) in [5.41, 5.74) is 1.23. The molecule has 1 heterocycles. The van der Waals surface area contributed by atoms with Gasteiger partial charge in [0.05, 0.1) is 5.75 Å². The van der Waals surface area contributed by atoms with Gasteiger partial charge in [-0.05, 0) is 37.7 Å². The Labute approximate surface area is 164 Å². The summed E-state index contributed by atoms with van der Waals surface area (Å²) >= 11 is 3.19. The monoisotopic (exact) mass is 392 g/mol. The molecule has 1 N–H and O–H groups in total. The van der Waals surface area contributed by atoms with Gasteiger partial charge in [0, 0.05) is 24.4 Å². The van der Waals surface area contributed by atoms with Crippen LogP contribution in [0.3, 0.4) is 0 Å². The third kappa shape index (κ3) is 6.68. The van der Waals surface area contributed by atoms with Crippen molar-refractivity contribution in [2.75, 3.05) is 18.6 Å². The maximum Gasteiger partial charge on any atom is 0.230 e. The van der Waals surface area contributed by atoms with E-state index < -0.39 is 0 Å². The molecule has 0 radical (unpaired) electrons. The SMILES string of the molecule is CSc1nnc(CCCNC(=O)CSc2ccc(C)cc2)n1CC(C)C. The summed E-state index contributed by atoms with van der Waals surface area (Å²) in [5.74, 6) is 2.08.